The van der Waals surface area contributed by atoms with Crippen molar-refractivity contribution < 1.29 is 27.5 Å². The maximum atomic E-state index is 12.2. The molecule has 1 aromatic rings. The van der Waals surface area contributed by atoms with Gasteiger partial charge in [-0.1, -0.05) is 0 Å². The summed E-state index contributed by atoms with van der Waals surface area (Å²) in [5.41, 5.74) is 3.14. The molecule has 1 amide bonds. The topological polar surface area (TPSA) is 80.3 Å². The number of anilines is 1. The molecule has 0 fully saturated rings. The number of nitrogens with one attached hydrogen (secondary N) is 2. The minimum absolute atomic E-state index is 0.0553. The van der Waals surface area contributed by atoms with Crippen LogP contribution in [0.25, 0.3) is 0 Å². The lowest BCUT2D eigenvalue weighted by molar-refractivity contribution is -0.152. The molecule has 98 valence electrons. The Bertz CT molecular complexity index is 445. The third-order valence-electron chi connectivity index (χ3n) is 1.77. The number of halogens is 3. The van der Waals surface area contributed by atoms with Crippen LogP contribution in [0.1, 0.15) is 5.56 Å². The van der Waals surface area contributed by atoms with Gasteiger partial charge in [-0.2, -0.15) is 13.2 Å². The van der Waals surface area contributed by atoms with Gasteiger partial charge >= 0.3 is 18.1 Å². The largest absolute Gasteiger partial charge is 0.462 e. The van der Waals surface area contributed by atoms with Crippen LogP contribution in [0.15, 0.2) is 18.3 Å². The summed E-state index contributed by atoms with van der Waals surface area (Å²) >= 11 is 0. The number of ether oxygens (including phenoxy) is 1. The number of amides is 1. The van der Waals surface area contributed by atoms with E-state index in [1.807, 2.05) is 5.43 Å². The number of pyridine rings is 1. The van der Waals surface area contributed by atoms with Crippen molar-refractivity contribution in [3.8, 4) is 0 Å². The van der Waals surface area contributed by atoms with Gasteiger partial charge < -0.3 is 4.74 Å². The lowest BCUT2D eigenvalue weighted by Gasteiger charge is -2.08. The summed E-state index contributed by atoms with van der Waals surface area (Å²) < 4.78 is 40.7. The monoisotopic (exact) mass is 263 g/mol. The Morgan fingerprint density at radius 3 is 2.44 bits per heavy atom. The number of carbonyl (C=O) groups is 2. The van der Waals surface area contributed by atoms with E-state index in [9.17, 15) is 22.8 Å². The number of aromatic nitrogens is 1. The lowest BCUT2D eigenvalue weighted by atomic mass is 10.3. The number of esters is 1. The first-order valence-corrected chi connectivity index (χ1v) is 4.52. The molecule has 18 heavy (non-hydrogen) atoms. The molecule has 0 aliphatic rings. The molecule has 1 rings (SSSR count). The predicted octanol–water partition coefficient (Wildman–Crippen LogP) is 0.716. The third-order valence-corrected chi connectivity index (χ3v) is 1.77. The Balaban J connectivity index is 2.60. The van der Waals surface area contributed by atoms with E-state index in [4.69, 9.17) is 0 Å². The summed E-state index contributed by atoms with van der Waals surface area (Å²) in [6.45, 7) is 0. The van der Waals surface area contributed by atoms with Gasteiger partial charge in [-0.15, -0.1) is 0 Å². The normalized spacial score (nSPS) is 10.7. The van der Waals surface area contributed by atoms with Gasteiger partial charge in [0, 0.05) is 6.20 Å². The average Bonchev–Trinajstić information content (AvgIpc) is 2.34. The van der Waals surface area contributed by atoms with Crippen LogP contribution < -0.4 is 10.9 Å². The number of methoxy groups -OCH3 is 1. The van der Waals surface area contributed by atoms with E-state index in [1.165, 1.54) is 0 Å². The Morgan fingerprint density at radius 1 is 1.33 bits per heavy atom. The first kappa shape index (κ1) is 13.7. The molecular formula is C9H8F3N3O3. The van der Waals surface area contributed by atoms with Crippen molar-refractivity contribution >= 4 is 17.7 Å². The fraction of sp³-hybridized carbons (Fsp3) is 0.222. The van der Waals surface area contributed by atoms with Gasteiger partial charge in [-0.3, -0.25) is 15.6 Å². The first-order chi connectivity index (χ1) is 8.34. The van der Waals surface area contributed by atoms with Crippen molar-refractivity contribution in [2.45, 2.75) is 6.18 Å². The van der Waals surface area contributed by atoms with Crippen LogP contribution in [0.5, 0.6) is 0 Å². The number of alkyl halides is 3. The second-order valence-electron chi connectivity index (χ2n) is 3.00. The quantitative estimate of drug-likeness (QED) is 0.467. The van der Waals surface area contributed by atoms with E-state index >= 15 is 0 Å². The van der Waals surface area contributed by atoms with Crippen LogP contribution in [-0.2, 0) is 20.5 Å². The zero-order chi connectivity index (χ0) is 13.8. The van der Waals surface area contributed by atoms with Crippen LogP contribution in [0.4, 0.5) is 19.0 Å². The van der Waals surface area contributed by atoms with Crippen molar-refractivity contribution in [3.05, 3.63) is 23.9 Å². The molecule has 0 aromatic carbocycles. The predicted molar refractivity (Wildman–Crippen MR) is 53.0 cm³/mol. The summed E-state index contributed by atoms with van der Waals surface area (Å²) in [7, 11) is 1.01. The van der Waals surface area contributed by atoms with Gasteiger partial charge in [-0.05, 0) is 12.1 Å². The van der Waals surface area contributed by atoms with Crippen LogP contribution >= 0.6 is 0 Å². The summed E-state index contributed by atoms with van der Waals surface area (Å²) in [5, 5.41) is 0. The third kappa shape index (κ3) is 3.61. The SMILES string of the molecule is COC(=O)C(=O)NNc1ccc(C(F)(F)F)cn1. The molecule has 2 N–H and O–H groups in total. The molecular weight excluding hydrogens is 255 g/mol. The van der Waals surface area contributed by atoms with Gasteiger partial charge in [0.1, 0.15) is 5.82 Å². The van der Waals surface area contributed by atoms with Crippen LogP contribution in [-0.4, -0.2) is 24.0 Å². The molecule has 0 bridgehead atoms. The van der Waals surface area contributed by atoms with E-state index in [1.54, 1.807) is 0 Å². The first-order valence-electron chi connectivity index (χ1n) is 4.52. The Kier molecular flexibility index (Phi) is 4.08. The van der Waals surface area contributed by atoms with Gasteiger partial charge in [0.15, 0.2) is 0 Å². The molecule has 0 unspecified atom stereocenters. The maximum absolute atomic E-state index is 12.2. The molecule has 0 atom stereocenters. The molecule has 1 aromatic heterocycles. The molecule has 6 nitrogen and oxygen atoms in total. The average molecular weight is 263 g/mol. The fourth-order valence-electron chi connectivity index (χ4n) is 0.900. The molecule has 0 saturated carbocycles. The molecule has 9 heteroatoms. The molecule has 1 heterocycles. The highest BCUT2D eigenvalue weighted by Crippen LogP contribution is 2.28. The summed E-state index contributed by atoms with van der Waals surface area (Å²) in [4.78, 5) is 25.0. The van der Waals surface area contributed by atoms with E-state index in [0.717, 1.165) is 19.2 Å². The number of rotatable bonds is 2. The summed E-state index contributed by atoms with van der Waals surface area (Å²) in [5.74, 6) is -2.30. The highest BCUT2D eigenvalue weighted by Gasteiger charge is 2.30. The van der Waals surface area contributed by atoms with Gasteiger partial charge in [0.05, 0.1) is 12.7 Å². The van der Waals surface area contributed by atoms with Gasteiger partial charge in [-0.25, -0.2) is 9.78 Å². The van der Waals surface area contributed by atoms with Crippen molar-refractivity contribution in [2.75, 3.05) is 12.5 Å². The molecule has 0 saturated heterocycles. The molecule has 0 spiro atoms. The highest BCUT2D eigenvalue weighted by molar-refractivity contribution is 6.32. The smallest absolute Gasteiger partial charge is 0.417 e. The highest BCUT2D eigenvalue weighted by atomic mass is 19.4. The second kappa shape index (κ2) is 5.34. The molecule has 0 radical (unpaired) electrons. The van der Waals surface area contributed by atoms with Crippen LogP contribution in [0, 0.1) is 0 Å². The van der Waals surface area contributed by atoms with E-state index < -0.39 is 23.6 Å². The van der Waals surface area contributed by atoms with Gasteiger partial charge in [0.25, 0.3) is 0 Å². The minimum atomic E-state index is -4.49. The second-order valence-corrected chi connectivity index (χ2v) is 3.00. The standard InChI is InChI=1S/C9H8F3N3O3/c1-18-8(17)7(16)15-14-6-3-2-5(4-13-6)9(10,11)12/h2-4H,1H3,(H,13,14)(H,15,16). The number of hydrogen-bond acceptors (Lipinski definition) is 5. The summed E-state index contributed by atoms with van der Waals surface area (Å²) in [6.07, 6.45) is -3.90. The number of nitrogens with zero attached hydrogens (tertiary/aromatic N) is 1. The number of carbonyl (C=O) groups excluding carboxylic acids is 2. The number of hydrazine groups is 1. The number of hydrogen-bond donors (Lipinski definition) is 2. The van der Waals surface area contributed by atoms with Crippen molar-refractivity contribution in [3.63, 3.8) is 0 Å². The van der Waals surface area contributed by atoms with Crippen molar-refractivity contribution in [1.82, 2.24) is 10.4 Å². The van der Waals surface area contributed by atoms with Crippen molar-refractivity contribution in [2.24, 2.45) is 0 Å². The lowest BCUT2D eigenvalue weighted by Crippen LogP contribution is -2.36. The fourth-order valence-corrected chi connectivity index (χ4v) is 0.900. The minimum Gasteiger partial charge on any atom is -0.462 e. The Morgan fingerprint density at radius 2 is 2.00 bits per heavy atom. The zero-order valence-electron chi connectivity index (χ0n) is 9.04. The molecule has 0 aliphatic carbocycles. The Hall–Kier alpha value is -2.32. The molecule has 0 aliphatic heterocycles. The van der Waals surface area contributed by atoms with E-state index in [-0.39, 0.29) is 5.82 Å². The van der Waals surface area contributed by atoms with Gasteiger partial charge in [0.2, 0.25) is 0 Å². The van der Waals surface area contributed by atoms with Crippen LogP contribution in [0.3, 0.4) is 0 Å². The summed E-state index contributed by atoms with van der Waals surface area (Å²) in [6, 6.07) is 1.78. The van der Waals surface area contributed by atoms with Crippen LogP contribution in [0.2, 0.25) is 0 Å². The van der Waals surface area contributed by atoms with Crippen molar-refractivity contribution in [1.29, 1.82) is 0 Å². The maximum Gasteiger partial charge on any atom is 0.417 e. The Labute approximate surface area is 99.1 Å². The zero-order valence-corrected chi connectivity index (χ0v) is 9.04. The van der Waals surface area contributed by atoms with E-state index in [0.29, 0.717) is 6.20 Å². The van der Waals surface area contributed by atoms with E-state index in [2.05, 4.69) is 15.1 Å².